The molecule has 100 valence electrons. The van der Waals surface area contributed by atoms with E-state index in [0.717, 1.165) is 23.7 Å². The van der Waals surface area contributed by atoms with Gasteiger partial charge in [0.05, 0.1) is 0 Å². The molecule has 2 fully saturated rings. The molecule has 0 aliphatic heterocycles. The van der Waals surface area contributed by atoms with Crippen molar-refractivity contribution in [2.75, 3.05) is 0 Å². The monoisotopic (exact) mass is 236 g/mol. The second kappa shape index (κ2) is 6.81. The predicted molar refractivity (Wildman–Crippen MR) is 76.1 cm³/mol. The molecule has 0 amide bonds. The molecule has 0 N–H and O–H groups in total. The van der Waals surface area contributed by atoms with Crippen molar-refractivity contribution in [3.8, 4) is 0 Å². The summed E-state index contributed by atoms with van der Waals surface area (Å²) >= 11 is 0. The molecule has 0 nitrogen and oxygen atoms in total. The van der Waals surface area contributed by atoms with E-state index in [1.165, 1.54) is 44.9 Å². The highest BCUT2D eigenvalue weighted by Gasteiger charge is 2.26. The Morgan fingerprint density at radius 1 is 0.706 bits per heavy atom. The van der Waals surface area contributed by atoms with E-state index < -0.39 is 0 Å². The van der Waals surface area contributed by atoms with Crippen LogP contribution in [0.3, 0.4) is 0 Å². The Morgan fingerprint density at radius 3 is 1.76 bits per heavy atom. The molecule has 2 aliphatic carbocycles. The molecule has 17 heavy (non-hydrogen) atoms. The third-order valence-electron chi connectivity index (χ3n) is 5.68. The minimum atomic E-state index is 1.02. The van der Waals surface area contributed by atoms with Crippen LogP contribution in [-0.4, -0.2) is 0 Å². The summed E-state index contributed by atoms with van der Waals surface area (Å²) in [5.74, 6) is 4.27. The van der Waals surface area contributed by atoms with Gasteiger partial charge in [0.15, 0.2) is 0 Å². The maximum absolute atomic E-state index is 2.44. The molecular formula is C17H32. The number of hydrogen-bond donors (Lipinski definition) is 0. The molecule has 0 spiro atoms. The van der Waals surface area contributed by atoms with Crippen LogP contribution < -0.4 is 0 Å². The van der Waals surface area contributed by atoms with Crippen LogP contribution in [0.1, 0.15) is 84.5 Å². The Hall–Kier alpha value is 0. The van der Waals surface area contributed by atoms with Crippen molar-refractivity contribution in [2.45, 2.75) is 84.5 Å². The van der Waals surface area contributed by atoms with E-state index in [-0.39, 0.29) is 0 Å². The SMILES string of the molecule is CCC1CCCC(C2CCC(C)CC2)CCC1. The van der Waals surface area contributed by atoms with Crippen LogP contribution in [0.5, 0.6) is 0 Å². The van der Waals surface area contributed by atoms with Crippen molar-refractivity contribution < 1.29 is 0 Å². The summed E-state index contributed by atoms with van der Waals surface area (Å²) in [5.41, 5.74) is 0. The molecule has 2 saturated carbocycles. The highest BCUT2D eigenvalue weighted by Crippen LogP contribution is 2.39. The van der Waals surface area contributed by atoms with Gasteiger partial charge in [0, 0.05) is 0 Å². The second-order valence-corrected chi connectivity index (χ2v) is 6.92. The third kappa shape index (κ3) is 4.00. The van der Waals surface area contributed by atoms with Crippen molar-refractivity contribution in [2.24, 2.45) is 23.7 Å². The van der Waals surface area contributed by atoms with Gasteiger partial charge in [-0.2, -0.15) is 0 Å². The molecule has 0 aromatic rings. The summed E-state index contributed by atoms with van der Waals surface area (Å²) in [6.07, 6.45) is 16.7. The summed E-state index contributed by atoms with van der Waals surface area (Å²) in [6, 6.07) is 0. The van der Waals surface area contributed by atoms with Crippen molar-refractivity contribution in [3.05, 3.63) is 0 Å². The van der Waals surface area contributed by atoms with Crippen LogP contribution in [0.25, 0.3) is 0 Å². The first-order valence-corrected chi connectivity index (χ1v) is 8.29. The van der Waals surface area contributed by atoms with Crippen LogP contribution in [-0.2, 0) is 0 Å². The van der Waals surface area contributed by atoms with Gasteiger partial charge in [0.2, 0.25) is 0 Å². The summed E-state index contributed by atoms with van der Waals surface area (Å²) < 4.78 is 0. The Bertz CT molecular complexity index is 190. The lowest BCUT2D eigenvalue weighted by Crippen LogP contribution is -2.22. The van der Waals surface area contributed by atoms with Gasteiger partial charge in [-0.3, -0.25) is 0 Å². The second-order valence-electron chi connectivity index (χ2n) is 6.92. The average Bonchev–Trinajstić information content (AvgIpc) is 2.31. The molecule has 0 heteroatoms. The smallest absolute Gasteiger partial charge is 0.0386 e. The summed E-state index contributed by atoms with van der Waals surface area (Å²) in [4.78, 5) is 0. The van der Waals surface area contributed by atoms with Crippen molar-refractivity contribution in [1.29, 1.82) is 0 Å². The van der Waals surface area contributed by atoms with Gasteiger partial charge >= 0.3 is 0 Å². The van der Waals surface area contributed by atoms with Gasteiger partial charge in [-0.1, -0.05) is 71.6 Å². The highest BCUT2D eigenvalue weighted by molar-refractivity contribution is 4.78. The van der Waals surface area contributed by atoms with E-state index in [4.69, 9.17) is 0 Å². The van der Waals surface area contributed by atoms with Crippen molar-refractivity contribution in [1.82, 2.24) is 0 Å². The topological polar surface area (TPSA) is 0 Å². The zero-order valence-corrected chi connectivity index (χ0v) is 12.1. The average molecular weight is 236 g/mol. The van der Waals surface area contributed by atoms with Gasteiger partial charge in [0.1, 0.15) is 0 Å². The minimum absolute atomic E-state index is 1.02. The van der Waals surface area contributed by atoms with E-state index in [1.54, 1.807) is 25.7 Å². The maximum Gasteiger partial charge on any atom is -0.0386 e. The van der Waals surface area contributed by atoms with E-state index >= 15 is 0 Å². The molecule has 0 aromatic heterocycles. The van der Waals surface area contributed by atoms with Gasteiger partial charge in [-0.25, -0.2) is 0 Å². The summed E-state index contributed by atoms with van der Waals surface area (Å²) in [7, 11) is 0. The molecule has 0 unspecified atom stereocenters. The Kier molecular flexibility index (Phi) is 5.38. The van der Waals surface area contributed by atoms with E-state index in [1.807, 2.05) is 0 Å². The molecule has 0 atom stereocenters. The standard InChI is InChI=1S/C17H32/c1-3-15-6-4-8-16(9-5-7-15)17-12-10-14(2)11-13-17/h14-17H,3-13H2,1-2H3. The Balaban J connectivity index is 1.77. The van der Waals surface area contributed by atoms with Crippen LogP contribution in [0.2, 0.25) is 0 Å². The van der Waals surface area contributed by atoms with Crippen LogP contribution in [0, 0.1) is 23.7 Å². The zero-order valence-electron chi connectivity index (χ0n) is 12.1. The fourth-order valence-electron chi connectivity index (χ4n) is 4.26. The first kappa shape index (κ1) is 13.4. The van der Waals surface area contributed by atoms with E-state index in [2.05, 4.69) is 13.8 Å². The third-order valence-corrected chi connectivity index (χ3v) is 5.68. The summed E-state index contributed by atoms with van der Waals surface area (Å²) in [5, 5.41) is 0. The minimum Gasteiger partial charge on any atom is -0.0651 e. The molecule has 2 rings (SSSR count). The molecule has 0 bridgehead atoms. The lowest BCUT2D eigenvalue weighted by molar-refractivity contribution is 0.173. The van der Waals surface area contributed by atoms with Crippen LogP contribution in [0.15, 0.2) is 0 Å². The number of rotatable bonds is 2. The lowest BCUT2D eigenvalue weighted by Gasteiger charge is -2.34. The number of hydrogen-bond acceptors (Lipinski definition) is 0. The highest BCUT2D eigenvalue weighted by atomic mass is 14.3. The molecule has 0 aromatic carbocycles. The summed E-state index contributed by atoms with van der Waals surface area (Å²) in [6.45, 7) is 4.83. The largest absolute Gasteiger partial charge is 0.0651 e. The van der Waals surface area contributed by atoms with E-state index in [0.29, 0.717) is 0 Å². The predicted octanol–water partition coefficient (Wildman–Crippen LogP) is 5.81. The Labute approximate surface area is 109 Å². The fraction of sp³-hybridized carbons (Fsp3) is 1.00. The molecule has 0 radical (unpaired) electrons. The first-order chi connectivity index (χ1) is 8.29. The molecular weight excluding hydrogens is 204 g/mol. The molecule has 2 aliphatic rings. The van der Waals surface area contributed by atoms with Crippen molar-refractivity contribution >= 4 is 0 Å². The quantitative estimate of drug-likeness (QED) is 0.567. The maximum atomic E-state index is 2.44. The van der Waals surface area contributed by atoms with Crippen molar-refractivity contribution in [3.63, 3.8) is 0 Å². The molecule has 0 heterocycles. The van der Waals surface area contributed by atoms with Gasteiger partial charge in [0.25, 0.3) is 0 Å². The zero-order chi connectivity index (χ0) is 12.1. The normalized spacial score (nSPS) is 40.6. The first-order valence-electron chi connectivity index (χ1n) is 8.29. The lowest BCUT2D eigenvalue weighted by atomic mass is 9.71. The van der Waals surface area contributed by atoms with Gasteiger partial charge in [-0.15, -0.1) is 0 Å². The molecule has 0 saturated heterocycles. The van der Waals surface area contributed by atoms with Crippen LogP contribution >= 0.6 is 0 Å². The van der Waals surface area contributed by atoms with Gasteiger partial charge < -0.3 is 0 Å². The Morgan fingerprint density at radius 2 is 1.24 bits per heavy atom. The van der Waals surface area contributed by atoms with Crippen LogP contribution in [0.4, 0.5) is 0 Å². The van der Waals surface area contributed by atoms with E-state index in [9.17, 15) is 0 Å². The fourth-order valence-corrected chi connectivity index (χ4v) is 4.26. The van der Waals surface area contributed by atoms with Gasteiger partial charge in [-0.05, 0) is 36.5 Å².